The van der Waals surface area contributed by atoms with E-state index in [-0.39, 0.29) is 65.7 Å². The first-order valence-corrected chi connectivity index (χ1v) is 11.8. The van der Waals surface area contributed by atoms with Crippen LogP contribution in [0.4, 0.5) is 0 Å². The van der Waals surface area contributed by atoms with E-state index in [1.165, 1.54) is 0 Å². The Hall–Kier alpha value is -2.83. The summed E-state index contributed by atoms with van der Waals surface area (Å²) >= 11 is 0. The quantitative estimate of drug-likeness (QED) is 0.114. The maximum Gasteiger partial charge on any atom is 2.00 e. The van der Waals surface area contributed by atoms with Crippen molar-refractivity contribution in [3.05, 3.63) is 79.4 Å². The van der Waals surface area contributed by atoms with Crippen LogP contribution >= 0.6 is 0 Å². The Morgan fingerprint density at radius 2 is 0.974 bits per heavy atom. The molecule has 3 heterocycles. The van der Waals surface area contributed by atoms with E-state index in [1.807, 2.05) is 0 Å². The minimum absolute atomic E-state index is 0. The fourth-order valence-electron chi connectivity index (χ4n) is 3.13. The van der Waals surface area contributed by atoms with Gasteiger partial charge in [-0.05, 0) is 59.7 Å². The van der Waals surface area contributed by atoms with Gasteiger partial charge in [0.15, 0.2) is 0 Å². The summed E-state index contributed by atoms with van der Waals surface area (Å²) in [5, 5.41) is 0. The monoisotopic (exact) mass is 785 g/mol. The molecule has 0 unspecified atom stereocenters. The zero-order chi connectivity index (χ0) is 22.9. The first kappa shape index (κ1) is 43.2. The second-order valence-corrected chi connectivity index (χ2v) is 9.39. The summed E-state index contributed by atoms with van der Waals surface area (Å²) in [6, 6.07) is 12.6. The van der Waals surface area contributed by atoms with E-state index in [0.29, 0.717) is 34.1 Å². The molecule has 4 aromatic rings. The molecule has 0 fully saturated rings. The molecule has 14 N–H and O–H groups in total. The van der Waals surface area contributed by atoms with Gasteiger partial charge in [-0.25, -0.2) is 21.8 Å². The van der Waals surface area contributed by atoms with Crippen molar-refractivity contribution in [2.24, 2.45) is 0 Å². The summed E-state index contributed by atoms with van der Waals surface area (Å²) in [5.74, 6) is 0. The predicted octanol–water partition coefficient (Wildman–Crippen LogP) is -2.84. The Morgan fingerprint density at radius 3 is 1.33 bits per heavy atom. The van der Waals surface area contributed by atoms with Crippen LogP contribution in [0.2, 0.25) is 0 Å². The topological polar surface area (TPSA) is 345 Å². The zero-order valence-electron chi connectivity index (χ0n) is 19.8. The Bertz CT molecular complexity index is 1470. The van der Waals surface area contributed by atoms with E-state index in [9.17, 15) is 25.9 Å². The molecule has 0 aliphatic rings. The van der Waals surface area contributed by atoms with Gasteiger partial charge in [-0.1, -0.05) is 6.07 Å². The molecule has 0 aliphatic heterocycles. The second kappa shape index (κ2) is 17.0. The van der Waals surface area contributed by atoms with Crippen LogP contribution in [0.25, 0.3) is 33.6 Å². The zero-order valence-corrected chi connectivity index (χ0v) is 25.3. The van der Waals surface area contributed by atoms with Crippen molar-refractivity contribution in [3.8, 4) is 33.6 Å². The number of nitrogens with zero attached hydrogens (tertiary/aromatic N) is 3. The molecule has 0 atom stereocenters. The van der Waals surface area contributed by atoms with Crippen LogP contribution in [0.15, 0.2) is 89.2 Å². The van der Waals surface area contributed by atoms with Crippen LogP contribution in [0, 0.1) is 0 Å². The Balaban J connectivity index is -0.000000875. The molecule has 0 spiro atoms. The largest absolute Gasteiger partial charge is 2.00 e. The first-order chi connectivity index (χ1) is 15.1. The van der Waals surface area contributed by atoms with Crippen LogP contribution < -0.4 is 0 Å². The molecule has 0 saturated carbocycles. The molecule has 0 amide bonds. The maximum absolute atomic E-state index is 11.9. The molecular weight excluding hydrogens is 758 g/mol. The van der Waals surface area contributed by atoms with Gasteiger partial charge in [-0.15, -0.1) is 0 Å². The average Bonchev–Trinajstić information content (AvgIpc) is 2.78. The molecule has 212 valence electrons. The third-order valence-electron chi connectivity index (χ3n) is 4.60. The number of benzene rings is 1. The summed E-state index contributed by atoms with van der Waals surface area (Å²) in [4.78, 5) is 10.9. The molecule has 0 saturated heterocycles. The molecule has 0 aliphatic carbocycles. The fraction of sp³-hybridized carbons (Fsp3) is 0. The van der Waals surface area contributed by atoms with E-state index >= 15 is 0 Å². The van der Waals surface area contributed by atoms with Crippen molar-refractivity contribution < 1.29 is 58.8 Å². The normalized spacial score (nSPS) is 9.79. The van der Waals surface area contributed by atoms with Crippen LogP contribution in [0.1, 0.15) is 0 Å². The third kappa shape index (κ3) is 10.0. The minimum atomic E-state index is -5.11. The van der Waals surface area contributed by atoms with Gasteiger partial charge in [0.2, 0.25) is 0 Å². The third-order valence-corrected chi connectivity index (χ3v) is 6.31. The van der Waals surface area contributed by atoms with Crippen LogP contribution in [0.3, 0.4) is 0 Å². The summed E-state index contributed by atoms with van der Waals surface area (Å²) in [7, 11) is -10.1. The van der Waals surface area contributed by atoms with E-state index in [4.69, 9.17) is 0 Å². The second-order valence-electron chi connectivity index (χ2n) is 6.66. The van der Waals surface area contributed by atoms with Crippen LogP contribution in [-0.2, 0) is 31.2 Å². The van der Waals surface area contributed by atoms with E-state index in [0.717, 1.165) is 12.1 Å². The molecule has 15 nitrogen and oxygen atoms in total. The molecule has 4 rings (SSSR count). The SMILES string of the molecule is O.O.O.O.O=S(=O)([O-])c1ccc(-c2cc(-c3ccncc3)nc(-c3ccncc3)c2)c(S(=O)(=O)[O-])c1.[OH3+].[OH3+].[Pb+2]. The van der Waals surface area contributed by atoms with Gasteiger partial charge in [-0.2, -0.15) is 0 Å². The first-order valence-electron chi connectivity index (χ1n) is 9.02. The van der Waals surface area contributed by atoms with Gasteiger partial charge in [0.25, 0.3) is 0 Å². The molecule has 2 radical (unpaired) electrons. The van der Waals surface area contributed by atoms with Gasteiger partial charge in [0.05, 0.1) is 21.2 Å². The van der Waals surface area contributed by atoms with Gasteiger partial charge in [-0.3, -0.25) is 9.97 Å². The van der Waals surface area contributed by atoms with E-state index in [1.54, 1.807) is 61.2 Å². The van der Waals surface area contributed by atoms with E-state index in [2.05, 4.69) is 15.0 Å². The van der Waals surface area contributed by atoms with Gasteiger partial charge in [0.1, 0.15) is 20.2 Å². The molecule has 18 heteroatoms. The van der Waals surface area contributed by atoms with Crippen LogP contribution in [-0.4, -0.2) is 90.1 Å². The molecular formula is C21H27N3O12PbS2+2. The molecule has 39 heavy (non-hydrogen) atoms. The minimum Gasteiger partial charge on any atom is -0.744 e. The van der Waals surface area contributed by atoms with Gasteiger partial charge in [0, 0.05) is 35.9 Å². The maximum atomic E-state index is 11.9. The standard InChI is InChI=1S/C21H15N3O6S2.6H2O.Pb/c25-31(26,27)17-1-2-18(21(13-17)32(28,29)30)16-11-19(14-3-7-22-8-4-14)24-20(12-16)15-5-9-23-10-6-15;;;;;;;/h1-13H,(H,25,26,27)(H,28,29,30);6*1H2;/q;;;;;;;+2. The Labute approximate surface area is 243 Å². The van der Waals surface area contributed by atoms with Gasteiger partial charge >= 0.3 is 27.3 Å². The average molecular weight is 785 g/mol. The number of hydrogen-bond donors (Lipinski definition) is 0. The number of rotatable bonds is 5. The molecule has 1 aromatic carbocycles. The van der Waals surface area contributed by atoms with Crippen molar-refractivity contribution in [2.45, 2.75) is 9.79 Å². The fourth-order valence-corrected chi connectivity index (χ4v) is 4.43. The summed E-state index contributed by atoms with van der Waals surface area (Å²) in [6.45, 7) is 0. The summed E-state index contributed by atoms with van der Waals surface area (Å²) in [6.07, 6.45) is 6.27. The van der Waals surface area contributed by atoms with Crippen molar-refractivity contribution >= 4 is 47.5 Å². The van der Waals surface area contributed by atoms with Gasteiger partial charge < -0.3 is 42.0 Å². The smallest absolute Gasteiger partial charge is 0.744 e. The summed E-state index contributed by atoms with van der Waals surface area (Å²) < 4.78 is 69.9. The molecule has 0 bridgehead atoms. The predicted molar refractivity (Wildman–Crippen MR) is 142 cm³/mol. The number of pyridine rings is 3. The Kier molecular flexibility index (Phi) is 18.8. The number of hydrogen-bond acceptors (Lipinski definition) is 9. The van der Waals surface area contributed by atoms with Crippen molar-refractivity contribution in [2.75, 3.05) is 0 Å². The van der Waals surface area contributed by atoms with Crippen molar-refractivity contribution in [3.63, 3.8) is 0 Å². The molecule has 3 aromatic heterocycles. The van der Waals surface area contributed by atoms with Crippen LogP contribution in [0.5, 0.6) is 0 Å². The number of aromatic nitrogens is 3. The van der Waals surface area contributed by atoms with E-state index < -0.39 is 30.0 Å². The van der Waals surface area contributed by atoms with Crippen molar-refractivity contribution in [1.29, 1.82) is 0 Å². The summed E-state index contributed by atoms with van der Waals surface area (Å²) in [5.41, 5.74) is 2.53. The van der Waals surface area contributed by atoms with Crippen molar-refractivity contribution in [1.82, 2.24) is 15.0 Å². The Morgan fingerprint density at radius 1 is 0.564 bits per heavy atom.